The fraction of sp³-hybridized carbons (Fsp3) is 0.300. The molecule has 1 aromatic heterocycles. The third-order valence-electron chi connectivity index (χ3n) is 7.22. The number of rotatable bonds is 9. The van der Waals surface area contributed by atoms with Crippen LogP contribution in [0.15, 0.2) is 72.9 Å². The Hall–Kier alpha value is -4.27. The normalized spacial score (nSPS) is 17.3. The molecule has 5 rings (SSSR count). The van der Waals surface area contributed by atoms with Crippen molar-refractivity contribution in [2.45, 2.75) is 51.3 Å². The van der Waals surface area contributed by atoms with Gasteiger partial charge < -0.3 is 15.2 Å². The summed E-state index contributed by atoms with van der Waals surface area (Å²) in [4.78, 5) is 24.5. The number of carbonyl (C=O) groups is 2. The van der Waals surface area contributed by atoms with Gasteiger partial charge in [-0.2, -0.15) is 13.9 Å². The van der Waals surface area contributed by atoms with Gasteiger partial charge in [0, 0.05) is 17.8 Å². The largest absolute Gasteiger partial charge is 0.481 e. The molecule has 0 saturated heterocycles. The summed E-state index contributed by atoms with van der Waals surface area (Å²) >= 11 is 0. The zero-order valence-electron chi connectivity index (χ0n) is 21.2. The molecule has 0 aliphatic heterocycles. The molecule has 0 unspecified atom stereocenters. The number of benzene rings is 3. The van der Waals surface area contributed by atoms with Gasteiger partial charge in [-0.05, 0) is 60.4 Å². The maximum Gasteiger partial charge on any atom is 0.387 e. The molecule has 1 amide bonds. The van der Waals surface area contributed by atoms with E-state index in [9.17, 15) is 18.4 Å². The third-order valence-corrected chi connectivity index (χ3v) is 7.22. The van der Waals surface area contributed by atoms with E-state index in [0.29, 0.717) is 43.1 Å². The second-order valence-corrected chi connectivity index (χ2v) is 9.94. The molecule has 1 aliphatic carbocycles. The van der Waals surface area contributed by atoms with Gasteiger partial charge in [0.2, 0.25) is 0 Å². The van der Waals surface area contributed by atoms with Crippen LogP contribution in [0.25, 0.3) is 22.0 Å². The summed E-state index contributed by atoms with van der Waals surface area (Å²) in [5, 5.41) is 17.0. The van der Waals surface area contributed by atoms with Crippen LogP contribution < -0.4 is 10.1 Å². The van der Waals surface area contributed by atoms with Gasteiger partial charge in [0.1, 0.15) is 5.75 Å². The van der Waals surface area contributed by atoms with Crippen molar-refractivity contribution in [2.24, 2.45) is 5.92 Å². The number of nitrogens with one attached hydrogen (secondary N) is 1. The molecule has 1 aliphatic rings. The van der Waals surface area contributed by atoms with Crippen LogP contribution in [0.2, 0.25) is 0 Å². The van der Waals surface area contributed by atoms with Crippen LogP contribution in [-0.4, -0.2) is 39.4 Å². The first-order chi connectivity index (χ1) is 18.9. The lowest BCUT2D eigenvalue weighted by Gasteiger charge is -2.28. The lowest BCUT2D eigenvalue weighted by molar-refractivity contribution is -0.138. The summed E-state index contributed by atoms with van der Waals surface area (Å²) in [6.07, 6.45) is 4.40. The van der Waals surface area contributed by atoms with Gasteiger partial charge in [-0.15, -0.1) is 0 Å². The van der Waals surface area contributed by atoms with E-state index in [2.05, 4.69) is 15.2 Å². The number of alkyl halides is 2. The smallest absolute Gasteiger partial charge is 0.387 e. The van der Waals surface area contributed by atoms with Crippen molar-refractivity contribution in [3.8, 4) is 16.9 Å². The maximum atomic E-state index is 13.4. The molecule has 39 heavy (non-hydrogen) atoms. The molecule has 1 saturated carbocycles. The Balaban J connectivity index is 1.39. The van der Waals surface area contributed by atoms with Crippen LogP contribution in [0.5, 0.6) is 5.75 Å². The van der Waals surface area contributed by atoms with Gasteiger partial charge in [-0.1, -0.05) is 54.6 Å². The van der Waals surface area contributed by atoms with Crippen LogP contribution in [0, 0.1) is 5.92 Å². The zero-order valence-corrected chi connectivity index (χ0v) is 21.2. The van der Waals surface area contributed by atoms with E-state index < -0.39 is 18.5 Å². The molecule has 0 atom stereocenters. The summed E-state index contributed by atoms with van der Waals surface area (Å²) < 4.78 is 32.4. The number of aliphatic carboxylic acids is 1. The Morgan fingerprint density at radius 2 is 1.69 bits per heavy atom. The van der Waals surface area contributed by atoms with Crippen molar-refractivity contribution in [3.63, 3.8) is 0 Å². The number of fused-ring (bicyclic) bond motifs is 1. The minimum Gasteiger partial charge on any atom is -0.481 e. The van der Waals surface area contributed by atoms with Crippen LogP contribution in [0.1, 0.15) is 48.0 Å². The highest BCUT2D eigenvalue weighted by Crippen LogP contribution is 2.30. The SMILES string of the molecule is O=C(O)CC1CCC(NC(=O)c2cc(OC(F)F)cc3cnn(Cc4ccc(-c5ccccc5)cc4)c23)CC1. The molecule has 9 heteroatoms. The Morgan fingerprint density at radius 3 is 2.36 bits per heavy atom. The highest BCUT2D eigenvalue weighted by atomic mass is 19.3. The first kappa shape index (κ1) is 26.3. The van der Waals surface area contributed by atoms with Crippen LogP contribution >= 0.6 is 0 Å². The molecular weight excluding hydrogens is 504 g/mol. The van der Waals surface area contributed by atoms with Crippen molar-refractivity contribution in [2.75, 3.05) is 0 Å². The monoisotopic (exact) mass is 533 g/mol. The Kier molecular flexibility index (Phi) is 7.86. The molecule has 1 heterocycles. The standard InChI is InChI=1S/C30H29F2N3O4/c31-30(32)39-25-15-23-17-33-35(18-20-6-10-22(11-7-20)21-4-2-1-3-5-21)28(23)26(16-25)29(38)34-24-12-8-19(9-13-24)14-27(36)37/h1-7,10-11,15-17,19,24,30H,8-9,12-14,18H2,(H,34,38)(H,36,37). The van der Waals surface area contributed by atoms with E-state index in [1.54, 1.807) is 10.9 Å². The van der Waals surface area contributed by atoms with Crippen molar-refractivity contribution >= 4 is 22.8 Å². The summed E-state index contributed by atoms with van der Waals surface area (Å²) in [7, 11) is 0. The number of nitrogens with zero attached hydrogens (tertiary/aromatic N) is 2. The highest BCUT2D eigenvalue weighted by molar-refractivity contribution is 6.06. The fourth-order valence-corrected chi connectivity index (χ4v) is 5.30. The first-order valence-electron chi connectivity index (χ1n) is 13.0. The van der Waals surface area contributed by atoms with Gasteiger partial charge in [0.05, 0.1) is 23.8 Å². The molecule has 1 fully saturated rings. The predicted molar refractivity (Wildman–Crippen MR) is 143 cm³/mol. The Morgan fingerprint density at radius 1 is 1.00 bits per heavy atom. The van der Waals surface area contributed by atoms with Crippen molar-refractivity contribution < 1.29 is 28.2 Å². The number of amides is 1. The van der Waals surface area contributed by atoms with Crippen molar-refractivity contribution in [3.05, 3.63) is 84.1 Å². The topological polar surface area (TPSA) is 93.5 Å². The first-order valence-corrected chi connectivity index (χ1v) is 13.0. The summed E-state index contributed by atoms with van der Waals surface area (Å²) in [6.45, 7) is -2.64. The number of carbonyl (C=O) groups excluding carboxylic acids is 1. The van der Waals surface area contributed by atoms with Gasteiger partial charge >= 0.3 is 12.6 Å². The van der Waals surface area contributed by atoms with E-state index >= 15 is 0 Å². The molecule has 0 bridgehead atoms. The van der Waals surface area contributed by atoms with Crippen molar-refractivity contribution in [1.29, 1.82) is 0 Å². The fourth-order valence-electron chi connectivity index (χ4n) is 5.30. The number of hydrogen-bond acceptors (Lipinski definition) is 4. The minimum atomic E-state index is -3.03. The molecule has 0 spiro atoms. The third kappa shape index (κ3) is 6.42. The lowest BCUT2D eigenvalue weighted by atomic mass is 9.84. The van der Waals surface area contributed by atoms with E-state index in [4.69, 9.17) is 5.11 Å². The second-order valence-electron chi connectivity index (χ2n) is 9.94. The number of carboxylic acids is 1. The minimum absolute atomic E-state index is 0.0971. The number of halogens is 2. The number of aromatic nitrogens is 2. The Bertz CT molecular complexity index is 1450. The second kappa shape index (κ2) is 11.6. The summed E-state index contributed by atoms with van der Waals surface area (Å²) in [6, 6.07) is 20.7. The van der Waals surface area contributed by atoms with E-state index in [1.807, 2.05) is 54.6 Å². The molecule has 0 radical (unpaired) electrons. The molecule has 4 aromatic rings. The predicted octanol–water partition coefficient (Wildman–Crippen LogP) is 6.12. The Labute approximate surface area is 224 Å². The zero-order chi connectivity index (χ0) is 27.4. The van der Waals surface area contributed by atoms with Gasteiger partial charge in [-0.25, -0.2) is 0 Å². The molecule has 202 valence electrons. The number of hydrogen-bond donors (Lipinski definition) is 2. The summed E-state index contributed by atoms with van der Waals surface area (Å²) in [5.74, 6) is -1.23. The maximum absolute atomic E-state index is 13.4. The van der Waals surface area contributed by atoms with E-state index in [0.717, 1.165) is 16.7 Å². The van der Waals surface area contributed by atoms with E-state index in [1.165, 1.54) is 12.1 Å². The quantitative estimate of drug-likeness (QED) is 0.271. The van der Waals surface area contributed by atoms with Gasteiger partial charge in [0.15, 0.2) is 0 Å². The number of ether oxygens (including phenoxy) is 1. The van der Waals surface area contributed by atoms with Crippen LogP contribution in [0.3, 0.4) is 0 Å². The summed E-state index contributed by atoms with van der Waals surface area (Å²) in [5.41, 5.74) is 3.89. The van der Waals surface area contributed by atoms with Crippen molar-refractivity contribution in [1.82, 2.24) is 15.1 Å². The lowest BCUT2D eigenvalue weighted by Crippen LogP contribution is -2.38. The highest BCUT2D eigenvalue weighted by Gasteiger charge is 2.26. The average molecular weight is 534 g/mol. The number of carboxylic acid groups (broad SMARTS) is 1. The van der Waals surface area contributed by atoms with Gasteiger partial charge in [-0.3, -0.25) is 14.3 Å². The van der Waals surface area contributed by atoms with Gasteiger partial charge in [0.25, 0.3) is 5.91 Å². The van der Waals surface area contributed by atoms with Crippen LogP contribution in [-0.2, 0) is 11.3 Å². The molecule has 3 aromatic carbocycles. The van der Waals surface area contributed by atoms with Crippen LogP contribution in [0.4, 0.5) is 8.78 Å². The van der Waals surface area contributed by atoms with E-state index in [-0.39, 0.29) is 29.7 Å². The molecular formula is C30H29F2N3O4. The average Bonchev–Trinajstić information content (AvgIpc) is 3.32. The molecule has 2 N–H and O–H groups in total. The molecule has 7 nitrogen and oxygen atoms in total.